The van der Waals surface area contributed by atoms with Crippen LogP contribution in [0.15, 0.2) is 103 Å². The van der Waals surface area contributed by atoms with Crippen LogP contribution in [0, 0.1) is 0 Å². The molecular weight excluding hydrogens is 326 g/mol. The van der Waals surface area contributed by atoms with Gasteiger partial charge < -0.3 is 5.32 Å². The zero-order valence-electron chi connectivity index (χ0n) is 16.0. The molecule has 0 atom stereocenters. The van der Waals surface area contributed by atoms with Gasteiger partial charge in [0, 0.05) is 18.2 Å². The van der Waals surface area contributed by atoms with E-state index in [-0.39, 0.29) is 0 Å². The standard InChI is InChI=1S/C26H29N/c1-22(27-20-12-11-15-23-13-5-2-6-14-23)21-26(24-16-7-3-8-17-24)25-18-9-4-10-19-25/h2-10,13-14,16-19,26-27H,1,11-12,15,20-21H2. The lowest BCUT2D eigenvalue weighted by Crippen LogP contribution is -2.17. The molecular formula is C26H29N. The van der Waals surface area contributed by atoms with E-state index in [1.807, 2.05) is 0 Å². The van der Waals surface area contributed by atoms with Crippen LogP contribution in [-0.2, 0) is 6.42 Å². The van der Waals surface area contributed by atoms with E-state index in [0.29, 0.717) is 5.92 Å². The van der Waals surface area contributed by atoms with Crippen molar-refractivity contribution in [2.45, 2.75) is 31.6 Å². The first kappa shape index (κ1) is 19.0. The Hall–Kier alpha value is -2.80. The summed E-state index contributed by atoms with van der Waals surface area (Å²) in [5.41, 5.74) is 5.23. The molecule has 0 saturated carbocycles. The van der Waals surface area contributed by atoms with E-state index in [9.17, 15) is 0 Å². The molecule has 0 amide bonds. The number of aryl methyl sites for hydroxylation is 1. The maximum atomic E-state index is 4.29. The Balaban J connectivity index is 1.49. The van der Waals surface area contributed by atoms with Gasteiger partial charge >= 0.3 is 0 Å². The summed E-state index contributed by atoms with van der Waals surface area (Å²) in [6.07, 6.45) is 4.43. The van der Waals surface area contributed by atoms with Gasteiger partial charge in [0.1, 0.15) is 0 Å². The second-order valence-electron chi connectivity index (χ2n) is 7.05. The summed E-state index contributed by atoms with van der Waals surface area (Å²) in [6, 6.07) is 32.2. The molecule has 1 heteroatoms. The minimum Gasteiger partial charge on any atom is -0.389 e. The number of benzene rings is 3. The third kappa shape index (κ3) is 6.14. The van der Waals surface area contributed by atoms with E-state index in [1.54, 1.807) is 0 Å². The van der Waals surface area contributed by atoms with Gasteiger partial charge in [-0.05, 0) is 42.4 Å². The highest BCUT2D eigenvalue weighted by atomic mass is 14.9. The fraction of sp³-hybridized carbons (Fsp3) is 0.231. The lowest BCUT2D eigenvalue weighted by atomic mass is 9.87. The molecule has 3 aromatic rings. The van der Waals surface area contributed by atoms with Crippen LogP contribution in [0.25, 0.3) is 0 Å². The molecule has 1 nitrogen and oxygen atoms in total. The van der Waals surface area contributed by atoms with Gasteiger partial charge in [-0.15, -0.1) is 0 Å². The second kappa shape index (κ2) is 10.4. The molecule has 138 valence electrons. The summed E-state index contributed by atoms with van der Waals surface area (Å²) in [6.45, 7) is 5.28. The van der Waals surface area contributed by atoms with E-state index >= 15 is 0 Å². The van der Waals surface area contributed by atoms with Crippen LogP contribution in [0.3, 0.4) is 0 Å². The molecule has 1 N–H and O–H groups in total. The van der Waals surface area contributed by atoms with Gasteiger partial charge in [-0.2, -0.15) is 0 Å². The fourth-order valence-corrected chi connectivity index (χ4v) is 3.48. The van der Waals surface area contributed by atoms with E-state index in [1.165, 1.54) is 23.1 Å². The van der Waals surface area contributed by atoms with Crippen LogP contribution in [0.4, 0.5) is 0 Å². The van der Waals surface area contributed by atoms with Gasteiger partial charge in [-0.1, -0.05) is 97.6 Å². The number of allylic oxidation sites excluding steroid dienone is 1. The molecule has 3 aromatic carbocycles. The van der Waals surface area contributed by atoms with Crippen molar-refractivity contribution >= 4 is 0 Å². The molecule has 0 unspecified atom stereocenters. The Bertz CT molecular complexity index is 754. The third-order valence-electron chi connectivity index (χ3n) is 4.96. The number of rotatable bonds is 10. The molecule has 0 aromatic heterocycles. The quantitative estimate of drug-likeness (QED) is 0.419. The van der Waals surface area contributed by atoms with Gasteiger partial charge in [0.15, 0.2) is 0 Å². The van der Waals surface area contributed by atoms with Crippen molar-refractivity contribution in [3.8, 4) is 0 Å². The van der Waals surface area contributed by atoms with Crippen LogP contribution in [-0.4, -0.2) is 6.54 Å². The van der Waals surface area contributed by atoms with E-state index in [4.69, 9.17) is 0 Å². The van der Waals surface area contributed by atoms with Gasteiger partial charge in [0.2, 0.25) is 0 Å². The minimum atomic E-state index is 0.344. The van der Waals surface area contributed by atoms with Crippen molar-refractivity contribution in [3.63, 3.8) is 0 Å². The van der Waals surface area contributed by atoms with Crippen LogP contribution in [0.1, 0.15) is 41.9 Å². The molecule has 0 saturated heterocycles. The Kier molecular flexibility index (Phi) is 7.29. The Labute approximate surface area is 163 Å². The second-order valence-corrected chi connectivity index (χ2v) is 7.05. The zero-order valence-corrected chi connectivity index (χ0v) is 16.0. The summed E-state index contributed by atoms with van der Waals surface area (Å²) < 4.78 is 0. The topological polar surface area (TPSA) is 12.0 Å². The normalized spacial score (nSPS) is 10.7. The average Bonchev–Trinajstić information content (AvgIpc) is 2.74. The molecule has 0 aliphatic carbocycles. The maximum absolute atomic E-state index is 4.29. The van der Waals surface area contributed by atoms with Crippen molar-refractivity contribution in [1.29, 1.82) is 0 Å². The predicted octanol–water partition coefficient (Wildman–Crippen LogP) is 6.33. The van der Waals surface area contributed by atoms with Crippen LogP contribution in [0.5, 0.6) is 0 Å². The van der Waals surface area contributed by atoms with E-state index in [0.717, 1.165) is 31.5 Å². The molecule has 3 rings (SSSR count). The zero-order chi connectivity index (χ0) is 18.7. The summed E-state index contributed by atoms with van der Waals surface area (Å²) in [4.78, 5) is 0. The first-order valence-electron chi connectivity index (χ1n) is 9.88. The monoisotopic (exact) mass is 355 g/mol. The van der Waals surface area contributed by atoms with Crippen LogP contribution in [0.2, 0.25) is 0 Å². The first-order chi connectivity index (χ1) is 13.3. The minimum absolute atomic E-state index is 0.344. The number of unbranched alkanes of at least 4 members (excludes halogenated alkanes) is 1. The third-order valence-corrected chi connectivity index (χ3v) is 4.96. The molecule has 0 aliphatic heterocycles. The van der Waals surface area contributed by atoms with Crippen LogP contribution < -0.4 is 5.32 Å². The van der Waals surface area contributed by atoms with Crippen molar-refractivity contribution in [2.75, 3.05) is 6.54 Å². The Morgan fingerprint density at radius 1 is 0.704 bits per heavy atom. The van der Waals surface area contributed by atoms with E-state index < -0.39 is 0 Å². The van der Waals surface area contributed by atoms with Crippen molar-refractivity contribution in [3.05, 3.63) is 120 Å². The highest BCUT2D eigenvalue weighted by molar-refractivity contribution is 5.33. The average molecular weight is 356 g/mol. The summed E-state index contributed by atoms with van der Waals surface area (Å²) in [7, 11) is 0. The predicted molar refractivity (Wildman–Crippen MR) is 116 cm³/mol. The Morgan fingerprint density at radius 2 is 1.22 bits per heavy atom. The van der Waals surface area contributed by atoms with Crippen molar-refractivity contribution in [2.24, 2.45) is 0 Å². The summed E-state index contributed by atoms with van der Waals surface area (Å²) in [5, 5.41) is 3.54. The molecule has 27 heavy (non-hydrogen) atoms. The Morgan fingerprint density at radius 3 is 1.78 bits per heavy atom. The van der Waals surface area contributed by atoms with Crippen LogP contribution >= 0.6 is 0 Å². The van der Waals surface area contributed by atoms with Gasteiger partial charge in [-0.3, -0.25) is 0 Å². The number of hydrogen-bond donors (Lipinski definition) is 1. The lowest BCUT2D eigenvalue weighted by Gasteiger charge is -2.20. The molecule has 0 bridgehead atoms. The molecule has 0 aliphatic rings. The molecule has 0 spiro atoms. The first-order valence-corrected chi connectivity index (χ1v) is 9.88. The van der Waals surface area contributed by atoms with Gasteiger partial charge in [-0.25, -0.2) is 0 Å². The highest BCUT2D eigenvalue weighted by Crippen LogP contribution is 2.29. The largest absolute Gasteiger partial charge is 0.389 e. The molecule has 0 heterocycles. The fourth-order valence-electron chi connectivity index (χ4n) is 3.48. The molecule has 0 fully saturated rings. The summed E-state index contributed by atoms with van der Waals surface area (Å²) in [5.74, 6) is 0.344. The van der Waals surface area contributed by atoms with Gasteiger partial charge in [0.05, 0.1) is 0 Å². The summed E-state index contributed by atoms with van der Waals surface area (Å²) >= 11 is 0. The van der Waals surface area contributed by atoms with E-state index in [2.05, 4.69) is 103 Å². The van der Waals surface area contributed by atoms with Crippen molar-refractivity contribution in [1.82, 2.24) is 5.32 Å². The number of nitrogens with one attached hydrogen (secondary N) is 1. The van der Waals surface area contributed by atoms with Gasteiger partial charge in [0.25, 0.3) is 0 Å². The lowest BCUT2D eigenvalue weighted by molar-refractivity contribution is 0.645. The molecule has 0 radical (unpaired) electrons. The highest BCUT2D eigenvalue weighted by Gasteiger charge is 2.14. The SMILES string of the molecule is C=C(CC(c1ccccc1)c1ccccc1)NCCCCc1ccccc1. The number of hydrogen-bond acceptors (Lipinski definition) is 1. The van der Waals surface area contributed by atoms with Crippen molar-refractivity contribution < 1.29 is 0 Å². The maximum Gasteiger partial charge on any atom is 0.0144 e. The smallest absolute Gasteiger partial charge is 0.0144 e.